The van der Waals surface area contributed by atoms with Gasteiger partial charge in [-0.2, -0.15) is 0 Å². The van der Waals surface area contributed by atoms with Crippen molar-refractivity contribution in [1.82, 2.24) is 0 Å². The molecule has 0 N–H and O–H groups in total. The molecule has 2 saturated heterocycles. The molecule has 0 amide bonds. The summed E-state index contributed by atoms with van der Waals surface area (Å²) in [7, 11) is 0. The predicted octanol–water partition coefficient (Wildman–Crippen LogP) is 3.68. The first-order valence-electron chi connectivity index (χ1n) is 7.50. The minimum Gasteiger partial charge on any atom is -0.496 e. The average Bonchev–Trinajstić information content (AvgIpc) is 2.26. The Morgan fingerprint density at radius 2 is 1.84 bits per heavy atom. The van der Waals surface area contributed by atoms with Gasteiger partial charge in [-0.1, -0.05) is 20.4 Å². The van der Waals surface area contributed by atoms with Crippen LogP contribution in [0.15, 0.2) is 12.8 Å². The zero-order valence-electron chi connectivity index (χ0n) is 12.6. The Morgan fingerprint density at radius 3 is 2.37 bits per heavy atom. The van der Waals surface area contributed by atoms with Crippen LogP contribution in [-0.2, 0) is 14.2 Å². The molecule has 2 fully saturated rings. The molecule has 2 heterocycles. The van der Waals surface area contributed by atoms with Gasteiger partial charge in [-0.3, -0.25) is 0 Å². The van der Waals surface area contributed by atoms with Crippen molar-refractivity contribution < 1.29 is 14.2 Å². The van der Waals surface area contributed by atoms with Crippen molar-refractivity contribution in [3.05, 3.63) is 12.8 Å². The van der Waals surface area contributed by atoms with Crippen LogP contribution in [0.1, 0.15) is 52.9 Å². The van der Waals surface area contributed by atoms with Crippen molar-refractivity contribution in [1.29, 1.82) is 0 Å². The molecule has 0 aromatic rings. The Kier molecular flexibility index (Phi) is 4.57. The summed E-state index contributed by atoms with van der Waals surface area (Å²) < 4.78 is 17.6. The molecule has 0 aliphatic carbocycles. The number of ether oxygens (including phenoxy) is 3. The summed E-state index contributed by atoms with van der Waals surface area (Å²) in [5, 5.41) is 0. The normalized spacial score (nSPS) is 41.8. The van der Waals surface area contributed by atoms with E-state index in [4.69, 9.17) is 14.2 Å². The van der Waals surface area contributed by atoms with Crippen LogP contribution in [0, 0.1) is 5.41 Å². The van der Waals surface area contributed by atoms with Crippen molar-refractivity contribution in [2.24, 2.45) is 5.41 Å². The van der Waals surface area contributed by atoms with Gasteiger partial charge in [0.25, 0.3) is 0 Å². The van der Waals surface area contributed by atoms with Crippen LogP contribution >= 0.6 is 0 Å². The molecule has 2 unspecified atom stereocenters. The summed E-state index contributed by atoms with van der Waals surface area (Å²) in [5.41, 5.74) is 0.166. The van der Waals surface area contributed by atoms with Crippen LogP contribution < -0.4 is 0 Å². The Balaban J connectivity index is 1.94. The fourth-order valence-corrected chi connectivity index (χ4v) is 3.72. The molecule has 3 heteroatoms. The zero-order valence-corrected chi connectivity index (χ0v) is 12.6. The Morgan fingerprint density at radius 1 is 1.21 bits per heavy atom. The van der Waals surface area contributed by atoms with Gasteiger partial charge < -0.3 is 14.2 Å². The number of hydrogen-bond donors (Lipinski definition) is 0. The minimum absolute atomic E-state index is 0.0963. The highest BCUT2D eigenvalue weighted by molar-refractivity contribution is 4.97. The molecule has 0 spiro atoms. The van der Waals surface area contributed by atoms with Crippen molar-refractivity contribution in [3.8, 4) is 0 Å². The van der Waals surface area contributed by atoms with Crippen molar-refractivity contribution in [3.63, 3.8) is 0 Å². The zero-order chi connectivity index (χ0) is 13.9. The first-order chi connectivity index (χ1) is 8.99. The van der Waals surface area contributed by atoms with Gasteiger partial charge in [0.2, 0.25) is 0 Å². The molecule has 0 aromatic heterocycles. The molecule has 0 saturated carbocycles. The van der Waals surface area contributed by atoms with E-state index in [0.29, 0.717) is 12.2 Å². The molecule has 3 nitrogen and oxygen atoms in total. The molecule has 2 bridgehead atoms. The van der Waals surface area contributed by atoms with E-state index in [-0.39, 0.29) is 11.0 Å². The minimum atomic E-state index is -0.0963. The summed E-state index contributed by atoms with van der Waals surface area (Å²) in [6, 6.07) is 0. The Hall–Kier alpha value is -0.540. The molecule has 0 radical (unpaired) electrons. The summed E-state index contributed by atoms with van der Waals surface area (Å²) in [5.74, 6) is 0. The largest absolute Gasteiger partial charge is 0.496 e. The van der Waals surface area contributed by atoms with E-state index >= 15 is 0 Å². The van der Waals surface area contributed by atoms with Gasteiger partial charge in [0.05, 0.1) is 25.1 Å². The predicted molar refractivity (Wildman–Crippen MR) is 76.0 cm³/mol. The van der Waals surface area contributed by atoms with Gasteiger partial charge in [-0.15, -0.1) is 0 Å². The van der Waals surface area contributed by atoms with Crippen LogP contribution in [0.3, 0.4) is 0 Å². The third kappa shape index (κ3) is 3.73. The van der Waals surface area contributed by atoms with E-state index in [0.717, 1.165) is 45.3 Å². The fourth-order valence-electron chi connectivity index (χ4n) is 3.72. The van der Waals surface area contributed by atoms with E-state index in [9.17, 15) is 0 Å². The quantitative estimate of drug-likeness (QED) is 0.543. The van der Waals surface area contributed by atoms with E-state index in [1.165, 1.54) is 0 Å². The standard InChI is InChI=1S/C16H28O3/c1-5-7-17-12-15(3)8-13-10-16(4,18-6-2)11-14(9-15)19-13/h6,13-14H,2,5,7-12H2,1,3-4H3. The second-order valence-corrected chi connectivity index (χ2v) is 6.79. The smallest absolute Gasteiger partial charge is 0.110 e. The van der Waals surface area contributed by atoms with E-state index in [1.807, 2.05) is 0 Å². The summed E-state index contributed by atoms with van der Waals surface area (Å²) in [4.78, 5) is 0. The highest BCUT2D eigenvalue weighted by atomic mass is 16.5. The maximum Gasteiger partial charge on any atom is 0.110 e. The number of hydrogen-bond acceptors (Lipinski definition) is 3. The van der Waals surface area contributed by atoms with Crippen molar-refractivity contribution >= 4 is 0 Å². The van der Waals surface area contributed by atoms with E-state index < -0.39 is 0 Å². The van der Waals surface area contributed by atoms with Gasteiger partial charge >= 0.3 is 0 Å². The molecular formula is C16H28O3. The first kappa shape index (κ1) is 14.9. The Labute approximate surface area is 117 Å². The lowest BCUT2D eigenvalue weighted by Crippen LogP contribution is -2.52. The van der Waals surface area contributed by atoms with Gasteiger partial charge in [-0.05, 0) is 31.6 Å². The average molecular weight is 268 g/mol. The highest BCUT2D eigenvalue weighted by Crippen LogP contribution is 2.46. The van der Waals surface area contributed by atoms with Crippen LogP contribution in [0.25, 0.3) is 0 Å². The van der Waals surface area contributed by atoms with Gasteiger partial charge in [0.15, 0.2) is 0 Å². The molecule has 2 aliphatic heterocycles. The molecule has 0 aromatic carbocycles. The van der Waals surface area contributed by atoms with Crippen LogP contribution in [0.2, 0.25) is 0 Å². The van der Waals surface area contributed by atoms with E-state index in [2.05, 4.69) is 27.4 Å². The molecule has 2 atom stereocenters. The summed E-state index contributed by atoms with van der Waals surface area (Å²) >= 11 is 0. The van der Waals surface area contributed by atoms with E-state index in [1.54, 1.807) is 6.26 Å². The monoisotopic (exact) mass is 268 g/mol. The Bertz CT molecular complexity index is 299. The van der Waals surface area contributed by atoms with Crippen LogP contribution in [-0.4, -0.2) is 31.0 Å². The summed E-state index contributed by atoms with van der Waals surface area (Å²) in [6.07, 6.45) is 7.32. The lowest BCUT2D eigenvalue weighted by molar-refractivity contribution is -0.193. The summed E-state index contributed by atoms with van der Waals surface area (Å²) in [6.45, 7) is 12.1. The lowest BCUT2D eigenvalue weighted by atomic mass is 9.70. The van der Waals surface area contributed by atoms with Crippen LogP contribution in [0.4, 0.5) is 0 Å². The molecule has 2 aliphatic rings. The lowest BCUT2D eigenvalue weighted by Gasteiger charge is -2.50. The highest BCUT2D eigenvalue weighted by Gasteiger charge is 2.47. The second-order valence-electron chi connectivity index (χ2n) is 6.79. The SMILES string of the molecule is C=COC1(C)CC2CC(C)(COCCC)CC(C1)O2. The molecular weight excluding hydrogens is 240 g/mol. The van der Waals surface area contributed by atoms with Gasteiger partial charge in [0, 0.05) is 19.4 Å². The second kappa shape index (κ2) is 5.84. The van der Waals surface area contributed by atoms with Crippen molar-refractivity contribution in [2.45, 2.75) is 70.7 Å². The maximum absolute atomic E-state index is 6.10. The first-order valence-corrected chi connectivity index (χ1v) is 7.50. The maximum atomic E-state index is 6.10. The molecule has 19 heavy (non-hydrogen) atoms. The fraction of sp³-hybridized carbons (Fsp3) is 0.875. The van der Waals surface area contributed by atoms with Gasteiger partial charge in [0.1, 0.15) is 5.60 Å². The number of fused-ring (bicyclic) bond motifs is 2. The topological polar surface area (TPSA) is 27.7 Å². The van der Waals surface area contributed by atoms with Crippen molar-refractivity contribution in [2.75, 3.05) is 13.2 Å². The molecule has 110 valence electrons. The van der Waals surface area contributed by atoms with Gasteiger partial charge in [-0.25, -0.2) is 0 Å². The number of rotatable bonds is 6. The van der Waals surface area contributed by atoms with Crippen LogP contribution in [0.5, 0.6) is 0 Å². The third-order valence-electron chi connectivity index (χ3n) is 4.31. The molecule has 2 rings (SSSR count). The third-order valence-corrected chi connectivity index (χ3v) is 4.31.